The number of benzene rings is 1. The van der Waals surface area contributed by atoms with Crippen molar-refractivity contribution in [2.75, 3.05) is 13.1 Å². The summed E-state index contributed by atoms with van der Waals surface area (Å²) in [6.07, 6.45) is 4.28. The fourth-order valence-corrected chi connectivity index (χ4v) is 1.44. The van der Waals surface area contributed by atoms with Crippen molar-refractivity contribution in [3.05, 3.63) is 41.5 Å². The third kappa shape index (κ3) is 5.09. The van der Waals surface area contributed by atoms with Crippen LogP contribution in [0.4, 0.5) is 8.78 Å². The smallest absolute Gasteiger partial charge is 0.166 e. The Morgan fingerprint density at radius 1 is 1.29 bits per heavy atom. The first-order valence-electron chi connectivity index (χ1n) is 5.92. The second-order valence-corrected chi connectivity index (χ2v) is 4.43. The van der Waals surface area contributed by atoms with Gasteiger partial charge in [-0.2, -0.15) is 0 Å². The van der Waals surface area contributed by atoms with Crippen LogP contribution in [0.1, 0.15) is 25.8 Å². The lowest BCUT2D eigenvalue weighted by atomic mass is 10.2. The van der Waals surface area contributed by atoms with Gasteiger partial charge in [-0.25, -0.2) is 8.78 Å². The highest BCUT2D eigenvalue weighted by atomic mass is 19.2. The van der Waals surface area contributed by atoms with E-state index in [9.17, 15) is 8.78 Å². The van der Waals surface area contributed by atoms with E-state index in [0.29, 0.717) is 11.5 Å². The summed E-state index contributed by atoms with van der Waals surface area (Å²) >= 11 is 0. The molecule has 0 radical (unpaired) electrons. The average molecular weight is 239 g/mol. The molecule has 0 amide bonds. The van der Waals surface area contributed by atoms with Crippen molar-refractivity contribution in [2.24, 2.45) is 5.92 Å². The molecule has 0 atom stereocenters. The molecule has 94 valence electrons. The van der Waals surface area contributed by atoms with Crippen molar-refractivity contribution in [1.29, 1.82) is 0 Å². The van der Waals surface area contributed by atoms with Crippen LogP contribution in [0.5, 0.6) is 0 Å². The molecule has 0 aliphatic carbocycles. The third-order valence-corrected chi connectivity index (χ3v) is 2.32. The Kier molecular flexibility index (Phi) is 5.84. The molecule has 1 aromatic carbocycles. The van der Waals surface area contributed by atoms with E-state index in [1.165, 1.54) is 6.07 Å². The molecule has 0 aliphatic rings. The Morgan fingerprint density at radius 3 is 2.76 bits per heavy atom. The van der Waals surface area contributed by atoms with Crippen LogP contribution >= 0.6 is 0 Å². The minimum atomic E-state index is -0.801. The fraction of sp³-hybridized carbons (Fsp3) is 0.429. The Hall–Kier alpha value is -1.22. The predicted octanol–water partition coefficient (Wildman–Crippen LogP) is 3.61. The highest BCUT2D eigenvalue weighted by Crippen LogP contribution is 2.12. The average Bonchev–Trinajstić information content (AvgIpc) is 2.28. The molecule has 0 unspecified atom stereocenters. The van der Waals surface area contributed by atoms with Crippen molar-refractivity contribution in [2.45, 2.75) is 20.3 Å². The van der Waals surface area contributed by atoms with E-state index in [2.05, 4.69) is 19.2 Å². The number of hydrogen-bond donors (Lipinski definition) is 1. The molecular formula is C14H19F2N. The van der Waals surface area contributed by atoms with E-state index in [1.54, 1.807) is 12.1 Å². The van der Waals surface area contributed by atoms with Crippen LogP contribution in [-0.4, -0.2) is 13.1 Å². The Balaban J connectivity index is 2.36. The number of nitrogens with one attached hydrogen (secondary N) is 1. The first-order chi connectivity index (χ1) is 8.11. The van der Waals surface area contributed by atoms with Crippen LogP contribution in [0.2, 0.25) is 0 Å². The van der Waals surface area contributed by atoms with E-state index in [1.807, 2.05) is 6.08 Å². The summed E-state index contributed by atoms with van der Waals surface area (Å²) < 4.78 is 26.1. The molecule has 0 saturated carbocycles. The van der Waals surface area contributed by atoms with E-state index in [-0.39, 0.29) is 0 Å². The second-order valence-electron chi connectivity index (χ2n) is 4.43. The van der Waals surface area contributed by atoms with Crippen LogP contribution in [-0.2, 0) is 0 Å². The zero-order valence-corrected chi connectivity index (χ0v) is 10.3. The summed E-state index contributed by atoms with van der Waals surface area (Å²) in [5.74, 6) is -0.955. The highest BCUT2D eigenvalue weighted by molar-refractivity contribution is 5.49. The lowest BCUT2D eigenvalue weighted by Crippen LogP contribution is -2.20. The maximum Gasteiger partial charge on any atom is 0.166 e. The summed E-state index contributed by atoms with van der Waals surface area (Å²) in [5.41, 5.74) is 0.300. The summed E-state index contributed by atoms with van der Waals surface area (Å²) in [6, 6.07) is 4.20. The molecule has 0 aliphatic heterocycles. The van der Waals surface area contributed by atoms with Gasteiger partial charge >= 0.3 is 0 Å². The van der Waals surface area contributed by atoms with Crippen LogP contribution in [0.25, 0.3) is 6.08 Å². The van der Waals surface area contributed by atoms with Gasteiger partial charge in [-0.3, -0.25) is 0 Å². The summed E-state index contributed by atoms with van der Waals surface area (Å²) in [7, 11) is 0. The van der Waals surface area contributed by atoms with Gasteiger partial charge in [0.15, 0.2) is 11.6 Å². The predicted molar refractivity (Wildman–Crippen MR) is 67.7 cm³/mol. The maximum atomic E-state index is 13.2. The first-order valence-corrected chi connectivity index (χ1v) is 5.92. The second kappa shape index (κ2) is 7.17. The Morgan fingerprint density at radius 2 is 2.06 bits per heavy atom. The van der Waals surface area contributed by atoms with E-state index in [0.717, 1.165) is 25.6 Å². The van der Waals surface area contributed by atoms with Crippen molar-refractivity contribution in [3.63, 3.8) is 0 Å². The number of hydrogen-bond acceptors (Lipinski definition) is 1. The molecule has 0 bridgehead atoms. The van der Waals surface area contributed by atoms with Crippen LogP contribution in [0, 0.1) is 17.6 Å². The van der Waals surface area contributed by atoms with Crippen molar-refractivity contribution >= 4 is 6.08 Å². The Labute approximate surface area is 102 Å². The molecule has 3 heteroatoms. The molecule has 0 heterocycles. The lowest BCUT2D eigenvalue weighted by Gasteiger charge is -2.04. The monoisotopic (exact) mass is 239 g/mol. The standard InChI is InChI=1S/C14H19F2N/c1-11(2)10-17-9-4-3-6-12-7-5-8-13(15)14(12)16/h3,5-8,11,17H,4,9-10H2,1-2H3. The van der Waals surface area contributed by atoms with E-state index in [4.69, 9.17) is 0 Å². The van der Waals surface area contributed by atoms with E-state index >= 15 is 0 Å². The van der Waals surface area contributed by atoms with Gasteiger partial charge in [-0.15, -0.1) is 0 Å². The summed E-state index contributed by atoms with van der Waals surface area (Å²) in [6.45, 7) is 6.11. The molecule has 1 N–H and O–H groups in total. The van der Waals surface area contributed by atoms with Gasteiger partial charge in [0.05, 0.1) is 0 Å². The van der Waals surface area contributed by atoms with Crippen LogP contribution in [0.15, 0.2) is 24.3 Å². The topological polar surface area (TPSA) is 12.0 Å². The Bertz CT molecular complexity index is 372. The van der Waals surface area contributed by atoms with Gasteiger partial charge in [0.1, 0.15) is 0 Å². The van der Waals surface area contributed by atoms with Crippen molar-refractivity contribution < 1.29 is 8.78 Å². The normalized spacial score (nSPS) is 11.6. The molecule has 1 nitrogen and oxygen atoms in total. The van der Waals surface area contributed by atoms with Crippen LogP contribution < -0.4 is 5.32 Å². The van der Waals surface area contributed by atoms with Gasteiger partial charge in [0.2, 0.25) is 0 Å². The van der Waals surface area contributed by atoms with Crippen molar-refractivity contribution in [1.82, 2.24) is 5.32 Å². The molecule has 0 spiro atoms. The van der Waals surface area contributed by atoms with Gasteiger partial charge in [-0.05, 0) is 31.5 Å². The summed E-state index contributed by atoms with van der Waals surface area (Å²) in [4.78, 5) is 0. The molecule has 1 rings (SSSR count). The van der Waals surface area contributed by atoms with Crippen LogP contribution in [0.3, 0.4) is 0 Å². The molecule has 0 saturated heterocycles. The number of halogens is 2. The van der Waals surface area contributed by atoms with Crippen molar-refractivity contribution in [3.8, 4) is 0 Å². The largest absolute Gasteiger partial charge is 0.316 e. The minimum absolute atomic E-state index is 0.300. The van der Waals surface area contributed by atoms with E-state index < -0.39 is 11.6 Å². The zero-order valence-electron chi connectivity index (χ0n) is 10.3. The lowest BCUT2D eigenvalue weighted by molar-refractivity contribution is 0.507. The van der Waals surface area contributed by atoms with Gasteiger partial charge in [0, 0.05) is 5.56 Å². The van der Waals surface area contributed by atoms with Gasteiger partial charge < -0.3 is 5.32 Å². The molecule has 17 heavy (non-hydrogen) atoms. The third-order valence-electron chi connectivity index (χ3n) is 2.32. The van der Waals surface area contributed by atoms with Gasteiger partial charge in [-0.1, -0.05) is 38.1 Å². The first kappa shape index (κ1) is 13.8. The quantitative estimate of drug-likeness (QED) is 0.748. The molecule has 0 fully saturated rings. The minimum Gasteiger partial charge on any atom is -0.316 e. The number of rotatable bonds is 6. The molecule has 1 aromatic rings. The molecular weight excluding hydrogens is 220 g/mol. The highest BCUT2D eigenvalue weighted by Gasteiger charge is 2.03. The summed E-state index contributed by atoms with van der Waals surface area (Å²) in [5, 5.41) is 3.28. The fourth-order valence-electron chi connectivity index (χ4n) is 1.44. The zero-order chi connectivity index (χ0) is 12.7. The SMILES string of the molecule is CC(C)CNCCC=Cc1cccc(F)c1F. The maximum absolute atomic E-state index is 13.2. The molecule has 0 aromatic heterocycles. The van der Waals surface area contributed by atoms with Gasteiger partial charge in [0.25, 0.3) is 0 Å².